The zero-order valence-corrected chi connectivity index (χ0v) is 13.8. The summed E-state index contributed by atoms with van der Waals surface area (Å²) in [5.41, 5.74) is 2.72. The van der Waals surface area contributed by atoms with E-state index in [-0.39, 0.29) is 17.8 Å². The van der Waals surface area contributed by atoms with Crippen LogP contribution in [0.2, 0.25) is 0 Å². The maximum atomic E-state index is 12.6. The van der Waals surface area contributed by atoms with Crippen LogP contribution in [0.3, 0.4) is 0 Å². The van der Waals surface area contributed by atoms with Crippen LogP contribution < -0.4 is 15.5 Å². The highest BCUT2D eigenvalue weighted by atomic mass is 32.1. The summed E-state index contributed by atoms with van der Waals surface area (Å²) in [7, 11) is 0. The van der Waals surface area contributed by atoms with Gasteiger partial charge in [0.25, 0.3) is 5.91 Å². The Morgan fingerprint density at radius 2 is 2.17 bits per heavy atom. The number of phenols is 1. The Labute approximate surface area is 138 Å². The van der Waals surface area contributed by atoms with Gasteiger partial charge in [0, 0.05) is 12.0 Å². The number of likely N-dealkylation sites (N-methyl/N-ethyl adjacent to an activating group) is 1. The number of hydrogen-bond donors (Lipinski definition) is 4. The number of thiophene rings is 1. The highest BCUT2D eigenvalue weighted by Gasteiger charge is 2.34. The number of fused-ring (bicyclic) bond motifs is 3. The number of carbonyl (C=O) groups excluding carboxylic acids is 1. The van der Waals surface area contributed by atoms with Crippen molar-refractivity contribution in [3.63, 3.8) is 0 Å². The largest absolute Gasteiger partial charge is 0.508 e. The molecule has 1 aromatic heterocycles. The van der Waals surface area contributed by atoms with Gasteiger partial charge >= 0.3 is 0 Å². The summed E-state index contributed by atoms with van der Waals surface area (Å²) in [5.74, 6) is 0.154. The van der Waals surface area contributed by atoms with Gasteiger partial charge in [-0.2, -0.15) is 0 Å². The molecular weight excluding hydrogens is 310 g/mol. The number of quaternary nitrogens is 1. The molecule has 1 aromatic carbocycles. The smallest absolute Gasteiger partial charge is 0.256 e. The molecule has 4 N–H and O–H groups in total. The number of para-hydroxylation sites is 1. The Morgan fingerprint density at radius 3 is 2.96 bits per heavy atom. The van der Waals surface area contributed by atoms with Crippen LogP contribution in [-0.4, -0.2) is 24.1 Å². The summed E-state index contributed by atoms with van der Waals surface area (Å²) in [6.45, 7) is 5.40. The summed E-state index contributed by atoms with van der Waals surface area (Å²) in [4.78, 5) is 15.5. The van der Waals surface area contributed by atoms with Crippen LogP contribution in [0.15, 0.2) is 24.3 Å². The molecule has 4 rings (SSSR count). The highest BCUT2D eigenvalue weighted by molar-refractivity contribution is 7.16. The van der Waals surface area contributed by atoms with Gasteiger partial charge in [-0.3, -0.25) is 4.79 Å². The van der Waals surface area contributed by atoms with E-state index in [4.69, 9.17) is 0 Å². The zero-order valence-electron chi connectivity index (χ0n) is 13.0. The molecule has 1 amide bonds. The van der Waals surface area contributed by atoms with Crippen LogP contribution in [0.4, 0.5) is 5.00 Å². The third-order valence-corrected chi connectivity index (χ3v) is 5.92. The number of aromatic hydroxyl groups is 1. The first-order valence-corrected chi connectivity index (χ1v) is 8.82. The Balaban J connectivity index is 1.69. The molecule has 23 heavy (non-hydrogen) atoms. The van der Waals surface area contributed by atoms with Crippen LogP contribution in [-0.2, 0) is 13.0 Å². The fourth-order valence-corrected chi connectivity index (χ4v) is 4.78. The first-order chi connectivity index (χ1) is 11.2. The van der Waals surface area contributed by atoms with Crippen LogP contribution in [0, 0.1) is 0 Å². The van der Waals surface area contributed by atoms with E-state index in [1.54, 1.807) is 28.4 Å². The minimum atomic E-state index is -0.383. The van der Waals surface area contributed by atoms with Gasteiger partial charge in [0.15, 0.2) is 0 Å². The molecule has 0 fully saturated rings. The second kappa shape index (κ2) is 5.54. The number of rotatable bonds is 2. The van der Waals surface area contributed by atoms with E-state index in [2.05, 4.69) is 17.6 Å². The molecule has 2 atom stereocenters. The molecule has 6 heteroatoms. The lowest BCUT2D eigenvalue weighted by molar-refractivity contribution is -0.913. The molecular formula is C17H20N3O2S+. The van der Waals surface area contributed by atoms with Gasteiger partial charge in [0.05, 0.1) is 23.5 Å². The number of nitrogens with one attached hydrogen (secondary N) is 3. The van der Waals surface area contributed by atoms with Crippen LogP contribution >= 0.6 is 11.3 Å². The van der Waals surface area contributed by atoms with Gasteiger partial charge in [-0.25, -0.2) is 0 Å². The van der Waals surface area contributed by atoms with E-state index in [9.17, 15) is 9.90 Å². The molecule has 3 heterocycles. The van der Waals surface area contributed by atoms with Crippen LogP contribution in [0.25, 0.3) is 0 Å². The van der Waals surface area contributed by atoms with Crippen molar-refractivity contribution < 1.29 is 14.8 Å². The average molecular weight is 330 g/mol. The summed E-state index contributed by atoms with van der Waals surface area (Å²) < 4.78 is 0. The molecule has 2 aliphatic rings. The van der Waals surface area contributed by atoms with Crippen molar-refractivity contribution in [3.8, 4) is 5.75 Å². The van der Waals surface area contributed by atoms with Crippen LogP contribution in [0.1, 0.15) is 39.5 Å². The minimum absolute atomic E-state index is 0.0375. The second-order valence-corrected chi connectivity index (χ2v) is 7.20. The second-order valence-electron chi connectivity index (χ2n) is 6.10. The molecule has 0 saturated carbocycles. The predicted octanol–water partition coefficient (Wildman–Crippen LogP) is 1.27. The molecule has 2 aliphatic heterocycles. The highest BCUT2D eigenvalue weighted by Crippen LogP contribution is 2.39. The number of carbonyl (C=O) groups is 1. The van der Waals surface area contributed by atoms with Crippen molar-refractivity contribution in [2.75, 3.05) is 18.4 Å². The van der Waals surface area contributed by atoms with Gasteiger partial charge in [-0.15, -0.1) is 11.3 Å². The van der Waals surface area contributed by atoms with Gasteiger partial charge in [-0.05, 0) is 18.6 Å². The van der Waals surface area contributed by atoms with Gasteiger partial charge in [-0.1, -0.05) is 18.2 Å². The van der Waals surface area contributed by atoms with Crippen molar-refractivity contribution in [3.05, 3.63) is 45.8 Å². The van der Waals surface area contributed by atoms with Gasteiger partial charge in [0.1, 0.15) is 23.5 Å². The number of anilines is 1. The van der Waals surface area contributed by atoms with E-state index in [1.165, 1.54) is 10.4 Å². The molecule has 2 aromatic rings. The first-order valence-electron chi connectivity index (χ1n) is 8.00. The summed E-state index contributed by atoms with van der Waals surface area (Å²) in [5, 5.41) is 17.3. The van der Waals surface area contributed by atoms with E-state index in [1.807, 2.05) is 12.1 Å². The SMILES string of the molecule is CC[NH+]1CCc2c(sc3c2C(=O)N[C@@H](c2ccccc2O)N3)C1. The zero-order chi connectivity index (χ0) is 16.0. The Bertz CT molecular complexity index is 771. The van der Waals surface area contributed by atoms with E-state index in [0.29, 0.717) is 5.56 Å². The number of benzene rings is 1. The monoisotopic (exact) mass is 330 g/mol. The predicted molar refractivity (Wildman–Crippen MR) is 90.0 cm³/mol. The molecule has 0 bridgehead atoms. The summed E-state index contributed by atoms with van der Waals surface area (Å²) in [6, 6.07) is 7.11. The molecule has 0 radical (unpaired) electrons. The molecule has 1 unspecified atom stereocenters. The van der Waals surface area contributed by atoms with E-state index in [0.717, 1.165) is 36.6 Å². The Hall–Kier alpha value is -2.05. The molecule has 5 nitrogen and oxygen atoms in total. The van der Waals surface area contributed by atoms with Crippen molar-refractivity contribution in [2.24, 2.45) is 0 Å². The van der Waals surface area contributed by atoms with Crippen molar-refractivity contribution in [1.29, 1.82) is 0 Å². The van der Waals surface area contributed by atoms with Gasteiger partial charge < -0.3 is 20.6 Å². The molecule has 120 valence electrons. The normalized spacial score (nSPS) is 22.7. The van der Waals surface area contributed by atoms with E-state index < -0.39 is 0 Å². The fraction of sp³-hybridized carbons (Fsp3) is 0.353. The van der Waals surface area contributed by atoms with Crippen molar-refractivity contribution in [1.82, 2.24) is 5.32 Å². The van der Waals surface area contributed by atoms with E-state index >= 15 is 0 Å². The minimum Gasteiger partial charge on any atom is -0.508 e. The maximum Gasteiger partial charge on any atom is 0.256 e. The molecule has 0 aliphatic carbocycles. The standard InChI is InChI=1S/C17H19N3O2S/c1-2-20-8-7-11-13(9-20)23-17-14(11)16(22)18-15(19-17)10-5-3-4-6-12(10)21/h3-6,15,19,21H,2,7-9H2,1H3,(H,18,22)/p+1/t15-/m1/s1. The lowest BCUT2D eigenvalue weighted by Gasteiger charge is -2.27. The summed E-state index contributed by atoms with van der Waals surface area (Å²) in [6.07, 6.45) is 0.576. The van der Waals surface area contributed by atoms with Crippen molar-refractivity contribution in [2.45, 2.75) is 26.1 Å². The first kappa shape index (κ1) is 14.5. The fourth-order valence-electron chi connectivity index (χ4n) is 3.44. The Morgan fingerprint density at radius 1 is 1.35 bits per heavy atom. The third-order valence-electron chi connectivity index (χ3n) is 4.76. The number of hydrogen-bond acceptors (Lipinski definition) is 4. The molecule has 0 spiro atoms. The lowest BCUT2D eigenvalue weighted by Crippen LogP contribution is -3.11. The van der Waals surface area contributed by atoms with Crippen molar-refractivity contribution >= 4 is 22.2 Å². The average Bonchev–Trinajstić information content (AvgIpc) is 2.92. The summed E-state index contributed by atoms with van der Waals surface area (Å²) >= 11 is 1.69. The lowest BCUT2D eigenvalue weighted by atomic mass is 10.00. The number of amides is 1. The van der Waals surface area contributed by atoms with Crippen LogP contribution in [0.5, 0.6) is 5.75 Å². The third kappa shape index (κ3) is 2.38. The molecule has 0 saturated heterocycles. The Kier molecular flexibility index (Phi) is 3.50. The number of phenolic OH excluding ortho intramolecular Hbond substituents is 1. The topological polar surface area (TPSA) is 65.8 Å². The maximum absolute atomic E-state index is 12.6. The quantitative estimate of drug-likeness (QED) is 0.670. The van der Waals surface area contributed by atoms with Gasteiger partial charge in [0.2, 0.25) is 0 Å².